The molecule has 3 aliphatic heterocycles. The summed E-state index contributed by atoms with van der Waals surface area (Å²) < 4.78 is 15.2. The van der Waals surface area contributed by atoms with Crippen LogP contribution in [0.4, 0.5) is 0 Å². The third kappa shape index (κ3) is 4.42. The summed E-state index contributed by atoms with van der Waals surface area (Å²) in [7, 11) is 0. The molecule has 0 unspecified atom stereocenters. The van der Waals surface area contributed by atoms with Crippen molar-refractivity contribution in [3.8, 4) is 0 Å². The standard InChI is InChI=1S/C8H12N2O2.C3H5NO/c1(7-9-3-5-11-7)2-8-10-4-6-12-8;1-2-5-3-4-1/h1-6H2;3H,1-2H2. The Hall–Kier alpha value is -1.59. The summed E-state index contributed by atoms with van der Waals surface area (Å²) >= 11 is 0. The zero-order valence-corrected chi connectivity index (χ0v) is 9.80. The van der Waals surface area contributed by atoms with Crippen molar-refractivity contribution in [2.45, 2.75) is 12.8 Å². The predicted octanol–water partition coefficient (Wildman–Crippen LogP) is 0.669. The van der Waals surface area contributed by atoms with Gasteiger partial charge < -0.3 is 14.2 Å². The summed E-state index contributed by atoms with van der Waals surface area (Å²) in [6.45, 7) is 4.72. The molecule has 0 aromatic carbocycles. The highest BCUT2D eigenvalue weighted by Crippen LogP contribution is 2.06. The molecular formula is C11H17N3O3. The van der Waals surface area contributed by atoms with E-state index in [4.69, 9.17) is 9.47 Å². The lowest BCUT2D eigenvalue weighted by molar-refractivity contribution is 0.327. The number of hydrogen-bond donors (Lipinski definition) is 0. The number of aliphatic imine (C=N–C) groups is 3. The maximum Gasteiger partial charge on any atom is 0.183 e. The second kappa shape index (κ2) is 6.88. The second-order valence-corrected chi connectivity index (χ2v) is 3.63. The fourth-order valence-corrected chi connectivity index (χ4v) is 1.54. The lowest BCUT2D eigenvalue weighted by Gasteiger charge is -2.01. The van der Waals surface area contributed by atoms with Gasteiger partial charge in [0.2, 0.25) is 0 Å². The van der Waals surface area contributed by atoms with E-state index in [9.17, 15) is 0 Å². The van der Waals surface area contributed by atoms with Crippen molar-refractivity contribution in [3.05, 3.63) is 0 Å². The number of hydrogen-bond acceptors (Lipinski definition) is 6. The van der Waals surface area contributed by atoms with Crippen LogP contribution in [0.15, 0.2) is 15.0 Å². The second-order valence-electron chi connectivity index (χ2n) is 3.63. The SMILES string of the molecule is C1=NCCO1.C1COC(CCC2=NCCO2)=N1. The van der Waals surface area contributed by atoms with E-state index in [-0.39, 0.29) is 0 Å². The van der Waals surface area contributed by atoms with Crippen molar-refractivity contribution in [2.75, 3.05) is 39.5 Å². The maximum atomic E-state index is 5.25. The Bertz CT molecular complexity index is 296. The lowest BCUT2D eigenvalue weighted by atomic mass is 10.3. The molecule has 0 aromatic heterocycles. The van der Waals surface area contributed by atoms with Crippen LogP contribution in [0.1, 0.15) is 12.8 Å². The van der Waals surface area contributed by atoms with Crippen molar-refractivity contribution in [1.29, 1.82) is 0 Å². The molecule has 6 nitrogen and oxygen atoms in total. The minimum Gasteiger partial charge on any atom is -0.482 e. The van der Waals surface area contributed by atoms with Gasteiger partial charge in [0.25, 0.3) is 0 Å². The first-order chi connectivity index (χ1) is 8.45. The first-order valence-electron chi connectivity index (χ1n) is 5.87. The largest absolute Gasteiger partial charge is 0.482 e. The molecule has 3 rings (SSSR count). The molecule has 94 valence electrons. The van der Waals surface area contributed by atoms with E-state index in [1.54, 1.807) is 0 Å². The molecule has 6 heteroatoms. The minimum atomic E-state index is 0.739. The fraction of sp³-hybridized carbons (Fsp3) is 0.727. The average Bonchev–Trinajstić information content (AvgIpc) is 3.12. The van der Waals surface area contributed by atoms with Crippen LogP contribution in [-0.2, 0) is 14.2 Å². The Kier molecular flexibility index (Phi) is 4.81. The smallest absolute Gasteiger partial charge is 0.183 e. The lowest BCUT2D eigenvalue weighted by Crippen LogP contribution is -2.04. The summed E-state index contributed by atoms with van der Waals surface area (Å²) in [5, 5.41) is 0. The van der Waals surface area contributed by atoms with Gasteiger partial charge in [-0.2, -0.15) is 0 Å². The molecule has 0 atom stereocenters. The van der Waals surface area contributed by atoms with E-state index in [2.05, 4.69) is 19.7 Å². The van der Waals surface area contributed by atoms with E-state index in [0.717, 1.165) is 64.1 Å². The molecule has 3 aliphatic rings. The van der Waals surface area contributed by atoms with Crippen LogP contribution in [0.2, 0.25) is 0 Å². The van der Waals surface area contributed by atoms with Gasteiger partial charge in [-0.25, -0.2) is 0 Å². The summed E-state index contributed by atoms with van der Waals surface area (Å²) in [4.78, 5) is 12.1. The summed E-state index contributed by atoms with van der Waals surface area (Å²) in [5.74, 6) is 1.71. The zero-order valence-electron chi connectivity index (χ0n) is 9.80. The van der Waals surface area contributed by atoms with Gasteiger partial charge in [-0.3, -0.25) is 15.0 Å². The Morgan fingerprint density at radius 2 is 1.53 bits per heavy atom. The van der Waals surface area contributed by atoms with Crippen LogP contribution in [-0.4, -0.2) is 57.7 Å². The molecule has 0 spiro atoms. The molecular weight excluding hydrogens is 222 g/mol. The fourth-order valence-electron chi connectivity index (χ4n) is 1.54. The topological polar surface area (TPSA) is 64.8 Å². The zero-order chi connectivity index (χ0) is 11.8. The highest BCUT2D eigenvalue weighted by Gasteiger charge is 2.11. The van der Waals surface area contributed by atoms with Gasteiger partial charge in [-0.05, 0) is 0 Å². The van der Waals surface area contributed by atoms with Crippen LogP contribution in [0.3, 0.4) is 0 Å². The highest BCUT2D eigenvalue weighted by atomic mass is 16.5. The number of rotatable bonds is 3. The molecule has 0 bridgehead atoms. The molecule has 0 saturated carbocycles. The van der Waals surface area contributed by atoms with Gasteiger partial charge >= 0.3 is 0 Å². The molecule has 3 heterocycles. The molecule has 0 aromatic rings. The van der Waals surface area contributed by atoms with E-state index in [1.165, 1.54) is 6.40 Å². The molecule has 0 fully saturated rings. The van der Waals surface area contributed by atoms with Gasteiger partial charge in [0.15, 0.2) is 18.2 Å². The molecule has 0 saturated heterocycles. The van der Waals surface area contributed by atoms with Crippen LogP contribution >= 0.6 is 0 Å². The van der Waals surface area contributed by atoms with Crippen molar-refractivity contribution in [3.63, 3.8) is 0 Å². The molecule has 0 N–H and O–H groups in total. The van der Waals surface area contributed by atoms with E-state index >= 15 is 0 Å². The van der Waals surface area contributed by atoms with Crippen LogP contribution in [0.25, 0.3) is 0 Å². The maximum absolute atomic E-state index is 5.25. The minimum absolute atomic E-state index is 0.739. The normalized spacial score (nSPS) is 20.7. The first-order valence-corrected chi connectivity index (χ1v) is 5.87. The Balaban J connectivity index is 0.000000181. The quantitative estimate of drug-likeness (QED) is 0.727. The van der Waals surface area contributed by atoms with Gasteiger partial charge in [0.1, 0.15) is 19.8 Å². The average molecular weight is 239 g/mol. The van der Waals surface area contributed by atoms with Crippen LogP contribution in [0, 0.1) is 0 Å². The van der Waals surface area contributed by atoms with Crippen molar-refractivity contribution in [2.24, 2.45) is 15.0 Å². The van der Waals surface area contributed by atoms with Crippen LogP contribution in [0.5, 0.6) is 0 Å². The third-order valence-electron chi connectivity index (χ3n) is 2.34. The predicted molar refractivity (Wildman–Crippen MR) is 65.1 cm³/mol. The van der Waals surface area contributed by atoms with Crippen molar-refractivity contribution < 1.29 is 14.2 Å². The van der Waals surface area contributed by atoms with E-state index in [1.807, 2.05) is 0 Å². The van der Waals surface area contributed by atoms with Gasteiger partial charge in [0.05, 0.1) is 19.6 Å². The monoisotopic (exact) mass is 239 g/mol. The van der Waals surface area contributed by atoms with Gasteiger partial charge in [-0.15, -0.1) is 0 Å². The molecule has 0 radical (unpaired) electrons. The summed E-state index contributed by atoms with van der Waals surface area (Å²) in [6, 6.07) is 0. The Labute approximate surface area is 100 Å². The van der Waals surface area contributed by atoms with Gasteiger partial charge in [0, 0.05) is 12.8 Å². The van der Waals surface area contributed by atoms with Crippen LogP contribution < -0.4 is 0 Å². The Morgan fingerprint density at radius 3 is 1.82 bits per heavy atom. The highest BCUT2D eigenvalue weighted by molar-refractivity contribution is 5.84. The number of nitrogens with zero attached hydrogens (tertiary/aromatic N) is 3. The van der Waals surface area contributed by atoms with Gasteiger partial charge in [-0.1, -0.05) is 0 Å². The summed E-state index contributed by atoms with van der Waals surface area (Å²) in [5.41, 5.74) is 0. The molecule has 0 amide bonds. The third-order valence-corrected chi connectivity index (χ3v) is 2.34. The van der Waals surface area contributed by atoms with Crippen molar-refractivity contribution >= 4 is 18.2 Å². The van der Waals surface area contributed by atoms with E-state index in [0.29, 0.717) is 0 Å². The van der Waals surface area contributed by atoms with E-state index < -0.39 is 0 Å². The van der Waals surface area contributed by atoms with Crippen molar-refractivity contribution in [1.82, 2.24) is 0 Å². The number of ether oxygens (including phenoxy) is 3. The molecule has 17 heavy (non-hydrogen) atoms. The molecule has 0 aliphatic carbocycles. The first kappa shape index (κ1) is 11.9. The summed E-state index contributed by atoms with van der Waals surface area (Å²) in [6.07, 6.45) is 3.15. The Morgan fingerprint density at radius 1 is 0.882 bits per heavy atom.